The molecule has 0 radical (unpaired) electrons. The number of benzene rings is 2. The van der Waals surface area contributed by atoms with Gasteiger partial charge in [-0.2, -0.15) is 18.3 Å². The molecule has 6 rings (SSSR count). The highest BCUT2D eigenvalue weighted by Crippen LogP contribution is 2.31. The van der Waals surface area contributed by atoms with E-state index in [9.17, 15) is 22.8 Å². The predicted octanol–water partition coefficient (Wildman–Crippen LogP) is 5.52. The quantitative estimate of drug-likeness (QED) is 0.155. The maximum absolute atomic E-state index is 12.2. The SMILES string of the molecule is Cc1cc(-c2ncnn3cc(CCCCN4CCC(c5ccc(C6CCC(=O)NC6=O)cc5)CC4)cc23)ccc1CN.O=C(O)C(F)(F)F. The number of piperidine rings is 2. The van der Waals surface area contributed by atoms with Crippen LogP contribution in [0.5, 0.6) is 0 Å². The van der Waals surface area contributed by atoms with E-state index in [1.54, 1.807) is 6.33 Å². The van der Waals surface area contributed by atoms with Crippen LogP contribution in [0.1, 0.15) is 78.2 Å². The number of carboxylic acids is 1. The van der Waals surface area contributed by atoms with Crippen molar-refractivity contribution in [3.05, 3.63) is 88.9 Å². The van der Waals surface area contributed by atoms with Crippen LogP contribution in [0.4, 0.5) is 13.2 Å². The summed E-state index contributed by atoms with van der Waals surface area (Å²) in [7, 11) is 0. The van der Waals surface area contributed by atoms with E-state index in [0.29, 0.717) is 25.3 Å². The first kappa shape index (κ1) is 35.7. The second-order valence-electron chi connectivity index (χ2n) is 12.7. The van der Waals surface area contributed by atoms with Crippen molar-refractivity contribution >= 4 is 23.3 Å². The summed E-state index contributed by atoms with van der Waals surface area (Å²) in [4.78, 5) is 39.8. The summed E-state index contributed by atoms with van der Waals surface area (Å²) in [5.74, 6) is -2.73. The predicted molar refractivity (Wildman–Crippen MR) is 178 cm³/mol. The largest absolute Gasteiger partial charge is 0.490 e. The van der Waals surface area contributed by atoms with E-state index in [1.807, 2.05) is 4.52 Å². The van der Waals surface area contributed by atoms with Crippen LogP contribution in [0.3, 0.4) is 0 Å². The number of rotatable bonds is 9. The number of unbranched alkanes of at least 4 members (excludes halogenated alkanes) is 1. The molecule has 2 aromatic heterocycles. The maximum Gasteiger partial charge on any atom is 0.490 e. The average Bonchev–Trinajstić information content (AvgIpc) is 3.50. The second kappa shape index (κ2) is 15.7. The molecule has 4 aromatic rings. The summed E-state index contributed by atoms with van der Waals surface area (Å²) in [6, 6.07) is 17.1. The highest BCUT2D eigenvalue weighted by Gasteiger charge is 2.38. The van der Waals surface area contributed by atoms with E-state index >= 15 is 0 Å². The lowest BCUT2D eigenvalue weighted by Crippen LogP contribution is -2.39. The first-order valence-corrected chi connectivity index (χ1v) is 16.5. The Bertz CT molecular complexity index is 1780. The molecule has 2 amide bonds. The van der Waals surface area contributed by atoms with Gasteiger partial charge in [0.1, 0.15) is 6.33 Å². The molecular formula is C36H41F3N6O4. The van der Waals surface area contributed by atoms with E-state index < -0.39 is 12.1 Å². The number of aryl methyl sites for hydroxylation is 2. The zero-order valence-corrected chi connectivity index (χ0v) is 27.4. The molecule has 2 aliphatic heterocycles. The number of carbonyl (C=O) groups excluding carboxylic acids is 2. The van der Waals surface area contributed by atoms with Gasteiger partial charge in [-0.25, -0.2) is 14.3 Å². The standard InChI is InChI=1S/C34H40N6O2.C2HF3O2/c1-23-18-28(9-10-29(23)20-35)33-31-19-24(21-40(31)37-22-36-33)4-2-3-15-39-16-13-26(14-17-39)25-5-7-27(8-6-25)30-11-12-32(41)38-34(30)42;3-2(4,5)1(6)7/h5-10,18-19,21-22,26,30H,2-4,11-17,20,35H2,1H3,(H,38,41,42);(H,6,7). The Labute approximate surface area is 282 Å². The molecule has 2 aromatic carbocycles. The van der Waals surface area contributed by atoms with Gasteiger partial charge in [0.05, 0.1) is 17.1 Å². The summed E-state index contributed by atoms with van der Waals surface area (Å²) in [5.41, 5.74) is 15.0. The number of likely N-dealkylation sites (tertiary alicyclic amines) is 1. The molecule has 2 fully saturated rings. The lowest BCUT2D eigenvalue weighted by Gasteiger charge is -2.32. The number of carbonyl (C=O) groups is 3. The minimum Gasteiger partial charge on any atom is -0.475 e. The van der Waals surface area contributed by atoms with Crippen molar-refractivity contribution < 1.29 is 32.7 Å². The molecule has 0 bridgehead atoms. The van der Waals surface area contributed by atoms with Gasteiger partial charge in [0.15, 0.2) is 0 Å². The smallest absolute Gasteiger partial charge is 0.475 e. The van der Waals surface area contributed by atoms with Gasteiger partial charge in [0.2, 0.25) is 11.8 Å². The maximum atomic E-state index is 12.2. The molecule has 0 aliphatic carbocycles. The van der Waals surface area contributed by atoms with Crippen molar-refractivity contribution in [1.82, 2.24) is 24.8 Å². The number of amides is 2. The Balaban J connectivity index is 0.000000606. The highest BCUT2D eigenvalue weighted by atomic mass is 19.4. The second-order valence-corrected chi connectivity index (χ2v) is 12.7. The van der Waals surface area contributed by atoms with E-state index in [-0.39, 0.29) is 17.7 Å². The average molecular weight is 679 g/mol. The molecule has 1 unspecified atom stereocenters. The third-order valence-electron chi connectivity index (χ3n) is 9.37. The van der Waals surface area contributed by atoms with Crippen molar-refractivity contribution in [3.8, 4) is 11.3 Å². The number of fused-ring (bicyclic) bond motifs is 1. The lowest BCUT2D eigenvalue weighted by molar-refractivity contribution is -0.192. The molecule has 4 N–H and O–H groups in total. The van der Waals surface area contributed by atoms with Crippen LogP contribution in [0.15, 0.2) is 61.1 Å². The molecule has 2 saturated heterocycles. The number of nitrogens with two attached hydrogens (primary N) is 1. The molecule has 0 saturated carbocycles. The number of nitrogens with zero attached hydrogens (tertiary/aromatic N) is 4. The Morgan fingerprint density at radius 1 is 1.02 bits per heavy atom. The fourth-order valence-corrected chi connectivity index (χ4v) is 6.58. The summed E-state index contributed by atoms with van der Waals surface area (Å²) in [6.07, 6.45) is 5.38. The Hall–Kier alpha value is -4.62. The molecule has 2 aliphatic rings. The van der Waals surface area contributed by atoms with Crippen LogP contribution >= 0.6 is 0 Å². The van der Waals surface area contributed by atoms with Gasteiger partial charge >= 0.3 is 12.1 Å². The molecule has 10 nitrogen and oxygen atoms in total. The molecule has 260 valence electrons. The minimum atomic E-state index is -5.08. The Morgan fingerprint density at radius 3 is 2.35 bits per heavy atom. The summed E-state index contributed by atoms with van der Waals surface area (Å²) < 4.78 is 33.7. The minimum absolute atomic E-state index is 0.164. The summed E-state index contributed by atoms with van der Waals surface area (Å²) in [6.45, 7) is 6.01. The monoisotopic (exact) mass is 678 g/mol. The van der Waals surface area contributed by atoms with Crippen LogP contribution in [0.25, 0.3) is 16.8 Å². The van der Waals surface area contributed by atoms with E-state index in [4.69, 9.17) is 15.6 Å². The first-order valence-electron chi connectivity index (χ1n) is 16.5. The van der Waals surface area contributed by atoms with Crippen molar-refractivity contribution in [1.29, 1.82) is 0 Å². The summed E-state index contributed by atoms with van der Waals surface area (Å²) in [5, 5.41) is 14.1. The number of carboxylic acid groups (broad SMARTS) is 1. The lowest BCUT2D eigenvalue weighted by atomic mass is 9.86. The van der Waals surface area contributed by atoms with Crippen LogP contribution < -0.4 is 11.1 Å². The van der Waals surface area contributed by atoms with Crippen LogP contribution in [0.2, 0.25) is 0 Å². The van der Waals surface area contributed by atoms with Crippen LogP contribution in [-0.4, -0.2) is 68.2 Å². The van der Waals surface area contributed by atoms with Gasteiger partial charge in [0, 0.05) is 24.7 Å². The summed E-state index contributed by atoms with van der Waals surface area (Å²) >= 11 is 0. The molecule has 13 heteroatoms. The van der Waals surface area contributed by atoms with Crippen molar-refractivity contribution in [2.24, 2.45) is 5.73 Å². The Morgan fingerprint density at radius 2 is 1.71 bits per heavy atom. The number of aromatic nitrogens is 3. The number of hydrogen-bond donors (Lipinski definition) is 3. The van der Waals surface area contributed by atoms with E-state index in [2.05, 4.69) is 82.0 Å². The fourth-order valence-electron chi connectivity index (χ4n) is 6.58. The molecule has 1 atom stereocenters. The van der Waals surface area contributed by atoms with E-state index in [1.165, 1.54) is 23.1 Å². The van der Waals surface area contributed by atoms with Gasteiger partial charge in [0.25, 0.3) is 0 Å². The topological polar surface area (TPSA) is 143 Å². The first-order chi connectivity index (χ1) is 23.4. The van der Waals surface area contributed by atoms with Gasteiger partial charge in [-0.1, -0.05) is 36.4 Å². The van der Waals surface area contributed by atoms with Crippen molar-refractivity contribution in [2.45, 2.75) is 76.4 Å². The molecule has 0 spiro atoms. The number of alkyl halides is 3. The van der Waals surface area contributed by atoms with Crippen molar-refractivity contribution in [3.63, 3.8) is 0 Å². The number of aliphatic carboxylic acids is 1. The highest BCUT2D eigenvalue weighted by molar-refractivity contribution is 6.00. The normalized spacial score (nSPS) is 17.4. The van der Waals surface area contributed by atoms with Gasteiger partial charge in [-0.15, -0.1) is 0 Å². The third-order valence-corrected chi connectivity index (χ3v) is 9.37. The molecular weight excluding hydrogens is 637 g/mol. The third kappa shape index (κ3) is 9.09. The van der Waals surface area contributed by atoms with Gasteiger partial charge < -0.3 is 15.7 Å². The van der Waals surface area contributed by atoms with E-state index in [0.717, 1.165) is 73.2 Å². The van der Waals surface area contributed by atoms with Gasteiger partial charge in [-0.05, 0) is 111 Å². The molecule has 49 heavy (non-hydrogen) atoms. The Kier molecular flexibility index (Phi) is 11.5. The van der Waals surface area contributed by atoms with Crippen molar-refractivity contribution in [2.75, 3.05) is 19.6 Å². The fraction of sp³-hybridized carbons (Fsp3) is 0.417. The number of halogens is 3. The van der Waals surface area contributed by atoms with Crippen LogP contribution in [0, 0.1) is 6.92 Å². The number of nitrogens with one attached hydrogen (secondary N) is 1. The zero-order chi connectivity index (χ0) is 35.1. The molecule has 4 heterocycles. The number of hydrogen-bond acceptors (Lipinski definition) is 7. The zero-order valence-electron chi connectivity index (χ0n) is 27.4. The number of imide groups is 1. The van der Waals surface area contributed by atoms with Gasteiger partial charge in [-0.3, -0.25) is 14.9 Å². The van der Waals surface area contributed by atoms with Crippen LogP contribution in [-0.2, 0) is 27.3 Å².